The van der Waals surface area contributed by atoms with Crippen LogP contribution in [-0.2, 0) is 26.0 Å². The van der Waals surface area contributed by atoms with E-state index in [4.69, 9.17) is 4.74 Å². The number of carbonyl (C=O) groups is 2. The van der Waals surface area contributed by atoms with Crippen LogP contribution in [0, 0.1) is 6.92 Å². The Kier molecular flexibility index (Phi) is 7.41. The Balaban J connectivity index is 2.11. The van der Waals surface area contributed by atoms with Crippen molar-refractivity contribution in [3.8, 4) is 0 Å². The monoisotopic (exact) mass is 474 g/mol. The number of anilines is 1. The van der Waals surface area contributed by atoms with E-state index in [1.54, 1.807) is 26.0 Å². The van der Waals surface area contributed by atoms with Crippen molar-refractivity contribution in [1.82, 2.24) is 14.6 Å². The van der Waals surface area contributed by atoms with Crippen LogP contribution in [-0.4, -0.2) is 64.5 Å². The maximum absolute atomic E-state index is 12.8. The molecule has 1 aromatic carbocycles. The summed E-state index contributed by atoms with van der Waals surface area (Å²) in [5.41, 5.74) is 3.89. The van der Waals surface area contributed by atoms with Crippen LogP contribution in [0.5, 0.6) is 0 Å². The van der Waals surface area contributed by atoms with Crippen molar-refractivity contribution in [2.45, 2.75) is 31.6 Å². The van der Waals surface area contributed by atoms with Crippen molar-refractivity contribution in [2.24, 2.45) is 0 Å². The van der Waals surface area contributed by atoms with Crippen molar-refractivity contribution < 1.29 is 22.7 Å². The summed E-state index contributed by atoms with van der Waals surface area (Å²) in [6.45, 7) is 4.64. The molecule has 3 rings (SSSR count). The van der Waals surface area contributed by atoms with Crippen molar-refractivity contribution in [3.63, 3.8) is 0 Å². The molecule has 0 atom stereocenters. The quantitative estimate of drug-likeness (QED) is 0.379. The van der Waals surface area contributed by atoms with Gasteiger partial charge in [0, 0.05) is 22.6 Å². The van der Waals surface area contributed by atoms with Crippen molar-refractivity contribution in [2.75, 3.05) is 39.6 Å². The van der Waals surface area contributed by atoms with Crippen LogP contribution < -0.4 is 10.0 Å². The van der Waals surface area contributed by atoms with Gasteiger partial charge in [-0.3, -0.25) is 4.79 Å². The molecular formula is C23H30N4O5S. The number of fused-ring (bicyclic) bond motifs is 1. The van der Waals surface area contributed by atoms with Gasteiger partial charge in [0.15, 0.2) is 0 Å². The first-order valence-corrected chi connectivity index (χ1v) is 12.2. The molecule has 0 unspecified atom stereocenters. The molecule has 178 valence electrons. The molecule has 1 aromatic heterocycles. The number of hydrogen-bond donors (Lipinski definition) is 3. The minimum atomic E-state index is -3.67. The third-order valence-corrected chi connectivity index (χ3v) is 6.89. The van der Waals surface area contributed by atoms with Crippen LogP contribution in [0.1, 0.15) is 46.2 Å². The lowest BCUT2D eigenvalue weighted by Crippen LogP contribution is -2.18. The van der Waals surface area contributed by atoms with Crippen LogP contribution in [0.25, 0.3) is 11.6 Å². The Morgan fingerprint density at radius 3 is 2.64 bits per heavy atom. The second-order valence-corrected chi connectivity index (χ2v) is 9.96. The lowest BCUT2D eigenvalue weighted by Gasteiger charge is -2.11. The highest BCUT2D eigenvalue weighted by Crippen LogP contribution is 2.36. The number of rotatable bonds is 9. The Morgan fingerprint density at radius 2 is 2.00 bits per heavy atom. The van der Waals surface area contributed by atoms with Crippen LogP contribution in [0.15, 0.2) is 23.1 Å². The second-order valence-electron chi connectivity index (χ2n) is 8.07. The summed E-state index contributed by atoms with van der Waals surface area (Å²) >= 11 is 0. The number of aromatic nitrogens is 1. The van der Waals surface area contributed by atoms with E-state index in [1.807, 2.05) is 14.1 Å². The van der Waals surface area contributed by atoms with Gasteiger partial charge in [-0.15, -0.1) is 0 Å². The molecule has 9 nitrogen and oxygen atoms in total. The molecule has 1 aliphatic heterocycles. The van der Waals surface area contributed by atoms with E-state index in [-0.39, 0.29) is 17.4 Å². The number of H-pyrrole nitrogens is 1. The molecule has 10 heteroatoms. The van der Waals surface area contributed by atoms with Gasteiger partial charge in [-0.05, 0) is 84.2 Å². The highest BCUT2D eigenvalue weighted by molar-refractivity contribution is 7.89. The van der Waals surface area contributed by atoms with Crippen LogP contribution in [0.3, 0.4) is 0 Å². The molecule has 0 saturated carbocycles. The van der Waals surface area contributed by atoms with Gasteiger partial charge in [0.25, 0.3) is 5.91 Å². The standard InChI is InChI=1S/C23H30N4O5S/c1-6-32-23(29)21-14(2)25-20(16(21)8-7-11-27(4)5)13-18-17-12-15(33(30,31)24-3)9-10-19(17)26-22(18)28/h9-10,12-13,24-25H,6-8,11H2,1-5H3,(H,26,28)/b18-13-. The summed E-state index contributed by atoms with van der Waals surface area (Å²) in [5.74, 6) is -0.748. The maximum atomic E-state index is 12.8. The minimum absolute atomic E-state index is 0.0623. The minimum Gasteiger partial charge on any atom is -0.462 e. The van der Waals surface area contributed by atoms with E-state index in [1.165, 1.54) is 19.2 Å². The third kappa shape index (κ3) is 5.18. The number of hydrogen-bond acceptors (Lipinski definition) is 6. The summed E-state index contributed by atoms with van der Waals surface area (Å²) in [5, 5.41) is 2.77. The van der Waals surface area contributed by atoms with Crippen molar-refractivity contribution in [3.05, 3.63) is 46.3 Å². The molecule has 3 N–H and O–H groups in total. The number of aromatic amines is 1. The largest absolute Gasteiger partial charge is 0.462 e. The van der Waals surface area contributed by atoms with E-state index in [0.29, 0.717) is 40.2 Å². The highest BCUT2D eigenvalue weighted by atomic mass is 32.2. The number of carbonyl (C=O) groups excluding carboxylic acids is 2. The predicted molar refractivity (Wildman–Crippen MR) is 128 cm³/mol. The zero-order valence-electron chi connectivity index (χ0n) is 19.5. The molecule has 0 bridgehead atoms. The second kappa shape index (κ2) is 9.90. The highest BCUT2D eigenvalue weighted by Gasteiger charge is 2.28. The number of nitrogens with one attached hydrogen (secondary N) is 3. The molecule has 0 spiro atoms. The summed E-state index contributed by atoms with van der Waals surface area (Å²) in [4.78, 5) is 30.8. The lowest BCUT2D eigenvalue weighted by molar-refractivity contribution is -0.110. The van der Waals surface area contributed by atoms with E-state index < -0.39 is 16.0 Å². The lowest BCUT2D eigenvalue weighted by atomic mass is 10.00. The molecule has 2 aromatic rings. The van der Waals surface area contributed by atoms with E-state index >= 15 is 0 Å². The number of benzene rings is 1. The van der Waals surface area contributed by atoms with Gasteiger partial charge in [0.1, 0.15) is 0 Å². The number of amides is 1. The topological polar surface area (TPSA) is 121 Å². The molecule has 0 fully saturated rings. The fourth-order valence-electron chi connectivity index (χ4n) is 3.88. The van der Waals surface area contributed by atoms with Gasteiger partial charge >= 0.3 is 5.97 Å². The first-order chi connectivity index (χ1) is 15.6. The van der Waals surface area contributed by atoms with Gasteiger partial charge < -0.3 is 19.9 Å². The zero-order valence-corrected chi connectivity index (χ0v) is 20.4. The van der Waals surface area contributed by atoms with Gasteiger partial charge in [0.05, 0.1) is 22.6 Å². The molecule has 1 aliphatic rings. The first kappa shape index (κ1) is 24.7. The average Bonchev–Trinajstić information content (AvgIpc) is 3.23. The number of sulfonamides is 1. The third-order valence-electron chi connectivity index (χ3n) is 5.48. The number of esters is 1. The number of ether oxygens (including phenoxy) is 1. The van der Waals surface area contributed by atoms with Crippen molar-refractivity contribution in [1.29, 1.82) is 0 Å². The molecule has 33 heavy (non-hydrogen) atoms. The molecule has 2 heterocycles. The fourth-order valence-corrected chi connectivity index (χ4v) is 4.63. The smallest absolute Gasteiger partial charge is 0.340 e. The van der Waals surface area contributed by atoms with Crippen LogP contribution >= 0.6 is 0 Å². The first-order valence-electron chi connectivity index (χ1n) is 10.7. The van der Waals surface area contributed by atoms with Crippen molar-refractivity contribution >= 4 is 39.2 Å². The van der Waals surface area contributed by atoms with E-state index in [0.717, 1.165) is 18.5 Å². The van der Waals surface area contributed by atoms with Crippen LogP contribution in [0.2, 0.25) is 0 Å². The summed E-state index contributed by atoms with van der Waals surface area (Å²) in [7, 11) is 1.62. The zero-order chi connectivity index (χ0) is 24.3. The summed E-state index contributed by atoms with van der Waals surface area (Å²) < 4.78 is 32.1. The molecular weight excluding hydrogens is 444 g/mol. The van der Waals surface area contributed by atoms with Gasteiger partial charge in [-0.2, -0.15) is 0 Å². The number of nitrogens with zero attached hydrogens (tertiary/aromatic N) is 1. The Labute approximate surface area is 194 Å². The van der Waals surface area contributed by atoms with Gasteiger partial charge in [-0.25, -0.2) is 17.9 Å². The summed E-state index contributed by atoms with van der Waals surface area (Å²) in [6, 6.07) is 4.48. The Morgan fingerprint density at radius 1 is 1.27 bits per heavy atom. The SMILES string of the molecule is CCOC(=O)c1c(C)[nH]c(/C=C2\C(=O)Nc3ccc(S(=O)(=O)NC)cc32)c1CCCN(C)C. The Hall–Kier alpha value is -2.95. The molecule has 1 amide bonds. The average molecular weight is 475 g/mol. The normalized spacial score (nSPS) is 14.6. The fraction of sp³-hybridized carbons (Fsp3) is 0.391. The predicted octanol–water partition coefficient (Wildman–Crippen LogP) is 2.39. The molecule has 0 radical (unpaired) electrons. The van der Waals surface area contributed by atoms with E-state index in [9.17, 15) is 18.0 Å². The molecule has 0 saturated heterocycles. The maximum Gasteiger partial charge on any atom is 0.340 e. The van der Waals surface area contributed by atoms with Crippen LogP contribution in [0.4, 0.5) is 5.69 Å². The Bertz CT molecular complexity index is 1210. The van der Waals surface area contributed by atoms with Gasteiger partial charge in [0.2, 0.25) is 10.0 Å². The number of aryl methyl sites for hydroxylation is 1. The summed E-state index contributed by atoms with van der Waals surface area (Å²) in [6.07, 6.45) is 3.09. The van der Waals surface area contributed by atoms with Gasteiger partial charge in [-0.1, -0.05) is 0 Å². The van der Waals surface area contributed by atoms with E-state index in [2.05, 4.69) is 19.9 Å². The molecule has 0 aliphatic carbocycles.